The number of amides is 5. The lowest BCUT2D eigenvalue weighted by molar-refractivity contribution is -0.143. The maximum absolute atomic E-state index is 14.8. The molecule has 0 aromatic rings. The van der Waals surface area contributed by atoms with Crippen molar-refractivity contribution in [3.63, 3.8) is 0 Å². The molecule has 5 amide bonds. The van der Waals surface area contributed by atoms with Gasteiger partial charge in [0.2, 0.25) is 17.6 Å². The van der Waals surface area contributed by atoms with Gasteiger partial charge < -0.3 is 31.9 Å². The van der Waals surface area contributed by atoms with Gasteiger partial charge in [0.1, 0.15) is 12.1 Å². The standard InChI is InChI=1S/C38H65N7O5/c1-22(2)27(20-44-18-23(3)40-24(4)19-44)42-34(50)43-30(35(5,6)7)33(49)45-21-38(36(8,9)37(38)14-11-15-37)17-28(45)32(48)41-26(29(46)31(39)47)16-25-12-10-13-25/h22-28,30,40H,10-21H2,1-9H3,(H2,39,47)(H,41,48)(H2,42,43,50)/t23-,24-,26?,27+,28-,30+,38?/m0/s1. The Hall–Kier alpha value is -2.73. The van der Waals surface area contributed by atoms with Gasteiger partial charge in [-0.3, -0.25) is 24.1 Å². The van der Waals surface area contributed by atoms with E-state index in [1.807, 2.05) is 20.8 Å². The van der Waals surface area contributed by atoms with Gasteiger partial charge in [0.15, 0.2) is 0 Å². The second kappa shape index (κ2) is 14.0. The van der Waals surface area contributed by atoms with E-state index in [2.05, 4.69) is 67.7 Å². The number of fused-ring (bicyclic) bond motifs is 1. The average molecular weight is 700 g/mol. The number of nitrogens with one attached hydrogen (secondary N) is 4. The maximum atomic E-state index is 14.8. The summed E-state index contributed by atoms with van der Waals surface area (Å²) in [6.07, 6.45) is 7.04. The lowest BCUT2D eigenvalue weighted by Crippen LogP contribution is -2.62. The Morgan fingerprint density at radius 1 is 0.920 bits per heavy atom. The molecule has 3 saturated carbocycles. The van der Waals surface area contributed by atoms with Crippen molar-refractivity contribution < 1.29 is 24.0 Å². The van der Waals surface area contributed by atoms with Crippen molar-refractivity contribution in [3.8, 4) is 0 Å². The Morgan fingerprint density at radius 3 is 2.00 bits per heavy atom. The minimum atomic E-state index is -1.06. The van der Waals surface area contributed by atoms with E-state index < -0.39 is 47.2 Å². The third-order valence-electron chi connectivity index (χ3n) is 13.7. The molecule has 0 aromatic heterocycles. The van der Waals surface area contributed by atoms with Crippen LogP contribution in [0.25, 0.3) is 0 Å². The average Bonchev–Trinajstić information content (AvgIpc) is 3.18. The molecule has 2 spiro atoms. The molecule has 5 fully saturated rings. The molecule has 50 heavy (non-hydrogen) atoms. The van der Waals surface area contributed by atoms with Gasteiger partial charge >= 0.3 is 6.03 Å². The molecule has 0 radical (unpaired) electrons. The van der Waals surface area contributed by atoms with Crippen LogP contribution in [0, 0.1) is 33.5 Å². The van der Waals surface area contributed by atoms with Gasteiger partial charge in [-0.15, -0.1) is 0 Å². The Labute approximate surface area is 299 Å². The van der Waals surface area contributed by atoms with Crippen LogP contribution in [-0.4, -0.2) is 102 Å². The molecule has 2 saturated heterocycles. The molecular formula is C38H65N7O5. The van der Waals surface area contributed by atoms with Crippen molar-refractivity contribution in [2.45, 2.75) is 150 Å². The van der Waals surface area contributed by atoms with Gasteiger partial charge in [0.25, 0.3) is 5.91 Å². The van der Waals surface area contributed by atoms with E-state index in [0.717, 1.165) is 51.6 Å². The van der Waals surface area contributed by atoms with Crippen LogP contribution < -0.4 is 27.0 Å². The van der Waals surface area contributed by atoms with Crippen molar-refractivity contribution in [2.75, 3.05) is 26.2 Å². The predicted molar refractivity (Wildman–Crippen MR) is 193 cm³/mol. The third kappa shape index (κ3) is 7.04. The number of Topliss-reactive ketones (excluding diaryl/α,β-unsaturated/α-hetero) is 1. The molecule has 5 aliphatic rings. The number of nitrogens with zero attached hydrogens (tertiary/aromatic N) is 2. The highest BCUT2D eigenvalue weighted by molar-refractivity contribution is 6.37. The van der Waals surface area contributed by atoms with E-state index in [9.17, 15) is 24.0 Å². The van der Waals surface area contributed by atoms with Gasteiger partial charge in [-0.25, -0.2) is 4.79 Å². The molecule has 282 valence electrons. The summed E-state index contributed by atoms with van der Waals surface area (Å²) < 4.78 is 0. The number of rotatable bonds is 12. The monoisotopic (exact) mass is 700 g/mol. The summed E-state index contributed by atoms with van der Waals surface area (Å²) in [5.41, 5.74) is 4.52. The van der Waals surface area contributed by atoms with Gasteiger partial charge in [-0.2, -0.15) is 0 Å². The summed E-state index contributed by atoms with van der Waals surface area (Å²) in [7, 11) is 0. The van der Waals surface area contributed by atoms with Crippen LogP contribution in [-0.2, 0) is 19.2 Å². The Morgan fingerprint density at radius 2 is 1.54 bits per heavy atom. The van der Waals surface area contributed by atoms with Gasteiger partial charge in [-0.05, 0) is 67.6 Å². The minimum Gasteiger partial charge on any atom is -0.363 e. The SMILES string of the molecule is CC(C)[C@@H](CN1C[C@H](C)N[C@@H](C)C1)NC(=O)N[C@H](C(=O)N1CC2(C[C@H]1C(=O)NC(CC1CCC1)C(=O)C(N)=O)C(C)(C)C21CCC1)C(C)(C)C. The van der Waals surface area contributed by atoms with Crippen molar-refractivity contribution in [1.82, 2.24) is 31.1 Å². The molecule has 7 atom stereocenters. The van der Waals surface area contributed by atoms with Crippen molar-refractivity contribution in [1.29, 1.82) is 0 Å². The number of hydrogen-bond acceptors (Lipinski definition) is 7. The highest BCUT2D eigenvalue weighted by Crippen LogP contribution is 2.88. The quantitative estimate of drug-likeness (QED) is 0.196. The zero-order chi connectivity index (χ0) is 37.0. The Kier molecular flexibility index (Phi) is 10.8. The molecule has 12 nitrogen and oxygen atoms in total. The van der Waals surface area contributed by atoms with E-state index in [1.165, 1.54) is 0 Å². The van der Waals surface area contributed by atoms with Gasteiger partial charge in [0, 0.05) is 49.7 Å². The van der Waals surface area contributed by atoms with E-state index >= 15 is 0 Å². The normalized spacial score (nSPS) is 30.6. The van der Waals surface area contributed by atoms with Crippen molar-refractivity contribution >= 4 is 29.5 Å². The first-order chi connectivity index (χ1) is 23.2. The molecule has 5 rings (SSSR count). The summed E-state index contributed by atoms with van der Waals surface area (Å²) in [6, 6.07) is -2.57. The first kappa shape index (κ1) is 38.5. The molecule has 2 unspecified atom stereocenters. The topological polar surface area (TPSA) is 166 Å². The van der Waals surface area contributed by atoms with E-state index in [0.29, 0.717) is 38.0 Å². The fourth-order valence-electron chi connectivity index (χ4n) is 10.2. The maximum Gasteiger partial charge on any atom is 0.315 e. The summed E-state index contributed by atoms with van der Waals surface area (Å²) >= 11 is 0. The van der Waals surface area contributed by atoms with Crippen LogP contribution in [0.3, 0.4) is 0 Å². The smallest absolute Gasteiger partial charge is 0.315 e. The number of primary amides is 1. The van der Waals surface area contributed by atoms with Crippen LogP contribution in [0.1, 0.15) is 114 Å². The number of piperazine rings is 1. The molecule has 0 bridgehead atoms. The van der Waals surface area contributed by atoms with E-state index in [4.69, 9.17) is 5.73 Å². The highest BCUT2D eigenvalue weighted by Gasteiger charge is 2.85. The number of urea groups is 1. The van der Waals surface area contributed by atoms with E-state index in [1.54, 1.807) is 4.90 Å². The van der Waals surface area contributed by atoms with Gasteiger partial charge in [0.05, 0.1) is 6.04 Å². The Bertz CT molecular complexity index is 1320. The number of nitrogens with two attached hydrogens (primary N) is 1. The van der Waals surface area contributed by atoms with Crippen LogP contribution >= 0.6 is 0 Å². The Balaban J connectivity index is 1.36. The van der Waals surface area contributed by atoms with Crippen LogP contribution in [0.15, 0.2) is 0 Å². The first-order valence-electron chi connectivity index (χ1n) is 19.2. The zero-order valence-electron chi connectivity index (χ0n) is 32.1. The second-order valence-corrected chi connectivity index (χ2v) is 18.6. The van der Waals surface area contributed by atoms with Crippen LogP contribution in [0.4, 0.5) is 4.79 Å². The van der Waals surface area contributed by atoms with Crippen LogP contribution in [0.5, 0.6) is 0 Å². The summed E-state index contributed by atoms with van der Waals surface area (Å²) in [5.74, 6) is -2.17. The first-order valence-corrected chi connectivity index (χ1v) is 19.2. The number of ketones is 1. The largest absolute Gasteiger partial charge is 0.363 e. The highest BCUT2D eigenvalue weighted by atomic mass is 16.2. The number of carbonyl (C=O) groups excluding carboxylic acids is 5. The van der Waals surface area contributed by atoms with Crippen molar-refractivity contribution in [2.24, 2.45) is 39.2 Å². The fourth-order valence-corrected chi connectivity index (χ4v) is 10.2. The fraction of sp³-hybridized carbons (Fsp3) is 0.868. The molecule has 2 heterocycles. The lowest BCUT2D eigenvalue weighted by Gasteiger charge is -2.39. The molecule has 6 N–H and O–H groups in total. The molecule has 3 aliphatic carbocycles. The van der Waals surface area contributed by atoms with E-state index in [-0.39, 0.29) is 40.0 Å². The summed E-state index contributed by atoms with van der Waals surface area (Å²) in [4.78, 5) is 71.8. The predicted octanol–water partition coefficient (Wildman–Crippen LogP) is 2.93. The zero-order valence-corrected chi connectivity index (χ0v) is 32.1. The minimum absolute atomic E-state index is 0.0629. The molecule has 0 aromatic carbocycles. The summed E-state index contributed by atoms with van der Waals surface area (Å²) in [5, 5.41) is 12.7. The molecular weight excluding hydrogens is 634 g/mol. The number of carbonyl (C=O) groups is 5. The van der Waals surface area contributed by atoms with Crippen molar-refractivity contribution in [3.05, 3.63) is 0 Å². The molecule has 2 aliphatic heterocycles. The molecule has 12 heteroatoms. The lowest BCUT2D eigenvalue weighted by atomic mass is 9.73. The third-order valence-corrected chi connectivity index (χ3v) is 13.7. The second-order valence-electron chi connectivity index (χ2n) is 18.6. The van der Waals surface area contributed by atoms with Crippen LogP contribution in [0.2, 0.25) is 0 Å². The number of likely N-dealkylation sites (tertiary alicyclic amines) is 1. The summed E-state index contributed by atoms with van der Waals surface area (Å²) in [6.45, 7) is 21.7. The number of hydrogen-bond donors (Lipinski definition) is 5. The van der Waals surface area contributed by atoms with Gasteiger partial charge in [-0.1, -0.05) is 74.1 Å².